The van der Waals surface area contributed by atoms with Crippen LogP contribution in [-0.2, 0) is 6.54 Å². The number of para-hydroxylation sites is 1. The first kappa shape index (κ1) is 17.2. The van der Waals surface area contributed by atoms with Crippen molar-refractivity contribution in [1.82, 2.24) is 10.3 Å². The van der Waals surface area contributed by atoms with Gasteiger partial charge in [-0.2, -0.15) is 0 Å². The minimum atomic E-state index is -0.490. The van der Waals surface area contributed by atoms with Gasteiger partial charge in [0.25, 0.3) is 0 Å². The lowest BCUT2D eigenvalue weighted by atomic mass is 9.96. The van der Waals surface area contributed by atoms with Crippen molar-refractivity contribution in [2.45, 2.75) is 12.6 Å². The number of nitrogens with one attached hydrogen (secondary N) is 2. The molecule has 27 heavy (non-hydrogen) atoms. The topological polar surface area (TPSA) is 44.9 Å². The molecule has 4 aromatic rings. The Bertz CT molecular complexity index is 1050. The summed E-state index contributed by atoms with van der Waals surface area (Å²) in [6.07, 6.45) is 1.77. The summed E-state index contributed by atoms with van der Waals surface area (Å²) in [6, 6.07) is 23.2. The van der Waals surface area contributed by atoms with Crippen LogP contribution in [0.4, 0.5) is 4.39 Å². The Morgan fingerprint density at radius 3 is 2.41 bits per heavy atom. The van der Waals surface area contributed by atoms with Gasteiger partial charge >= 0.3 is 0 Å². The molecule has 2 N–H and O–H groups in total. The van der Waals surface area contributed by atoms with E-state index in [0.717, 1.165) is 22.0 Å². The number of aromatic amines is 1. The number of halogens is 1. The van der Waals surface area contributed by atoms with Crippen LogP contribution in [0.1, 0.15) is 27.5 Å². The molecule has 134 valence electrons. The second-order valence-corrected chi connectivity index (χ2v) is 6.46. The molecule has 1 atom stereocenters. The van der Waals surface area contributed by atoms with Crippen molar-refractivity contribution in [3.05, 3.63) is 108 Å². The second-order valence-electron chi connectivity index (χ2n) is 6.46. The van der Waals surface area contributed by atoms with E-state index in [1.54, 1.807) is 18.3 Å². The van der Waals surface area contributed by atoms with Crippen molar-refractivity contribution in [3.8, 4) is 0 Å². The molecule has 4 rings (SSSR count). The number of carbonyl (C=O) groups is 1. The molecule has 0 amide bonds. The number of H-pyrrole nitrogens is 1. The summed E-state index contributed by atoms with van der Waals surface area (Å²) in [5.41, 5.74) is 3.41. The number of hydrogen-bond acceptors (Lipinski definition) is 2. The molecule has 1 heterocycles. The fourth-order valence-electron chi connectivity index (χ4n) is 3.26. The van der Waals surface area contributed by atoms with Crippen molar-refractivity contribution < 1.29 is 9.18 Å². The molecule has 0 radical (unpaired) electrons. The monoisotopic (exact) mass is 358 g/mol. The zero-order valence-electron chi connectivity index (χ0n) is 14.7. The minimum Gasteiger partial charge on any atom is -0.360 e. The van der Waals surface area contributed by atoms with Crippen LogP contribution in [0.5, 0.6) is 0 Å². The first-order valence-electron chi connectivity index (χ1n) is 8.85. The number of rotatable bonds is 6. The van der Waals surface area contributed by atoms with Crippen LogP contribution in [0.3, 0.4) is 0 Å². The van der Waals surface area contributed by atoms with E-state index in [1.807, 2.05) is 54.6 Å². The summed E-state index contributed by atoms with van der Waals surface area (Å²) in [7, 11) is 0. The standard InChI is InChI=1S/C23H19FN2O/c24-18-12-10-16(11-13-18)14-26-22(17-6-2-1-3-7-17)23(27)20-15-25-21-9-5-4-8-19(20)21/h1-13,15,22,25-26H,14H2/t22-/m1/s1. The van der Waals surface area contributed by atoms with Crippen LogP contribution in [0.15, 0.2) is 85.1 Å². The van der Waals surface area contributed by atoms with E-state index in [2.05, 4.69) is 10.3 Å². The number of ketones is 1. The maximum Gasteiger partial charge on any atom is 0.186 e. The summed E-state index contributed by atoms with van der Waals surface area (Å²) in [6.45, 7) is 0.466. The smallest absolute Gasteiger partial charge is 0.186 e. The highest BCUT2D eigenvalue weighted by Crippen LogP contribution is 2.25. The summed E-state index contributed by atoms with van der Waals surface area (Å²) in [4.78, 5) is 16.5. The number of carbonyl (C=O) groups excluding carboxylic acids is 1. The van der Waals surface area contributed by atoms with Crippen LogP contribution in [0, 0.1) is 5.82 Å². The van der Waals surface area contributed by atoms with Crippen molar-refractivity contribution in [1.29, 1.82) is 0 Å². The molecule has 0 aliphatic rings. The first-order valence-corrected chi connectivity index (χ1v) is 8.85. The number of Topliss-reactive ketones (excluding diaryl/α,β-unsaturated/α-hetero) is 1. The lowest BCUT2D eigenvalue weighted by Gasteiger charge is -2.18. The lowest BCUT2D eigenvalue weighted by Crippen LogP contribution is -2.28. The number of benzene rings is 3. The average molecular weight is 358 g/mol. The fraction of sp³-hybridized carbons (Fsp3) is 0.0870. The zero-order valence-corrected chi connectivity index (χ0v) is 14.7. The quantitative estimate of drug-likeness (QED) is 0.475. The Morgan fingerprint density at radius 1 is 0.926 bits per heavy atom. The number of fused-ring (bicyclic) bond motifs is 1. The van der Waals surface area contributed by atoms with Gasteiger partial charge in [-0.25, -0.2) is 4.39 Å². The largest absolute Gasteiger partial charge is 0.360 e. The molecule has 0 saturated heterocycles. The van der Waals surface area contributed by atoms with E-state index in [1.165, 1.54) is 12.1 Å². The summed E-state index contributed by atoms with van der Waals surface area (Å²) < 4.78 is 13.1. The van der Waals surface area contributed by atoms with Gasteiger partial charge in [-0.05, 0) is 29.3 Å². The van der Waals surface area contributed by atoms with Gasteiger partial charge in [0, 0.05) is 29.2 Å². The molecule has 1 aromatic heterocycles. The van der Waals surface area contributed by atoms with E-state index in [0.29, 0.717) is 12.1 Å². The molecular weight excluding hydrogens is 339 g/mol. The molecule has 4 heteroatoms. The normalized spacial score (nSPS) is 12.2. The maximum atomic E-state index is 13.4. The van der Waals surface area contributed by atoms with Crippen molar-refractivity contribution in [2.24, 2.45) is 0 Å². The van der Waals surface area contributed by atoms with Gasteiger partial charge in [-0.15, -0.1) is 0 Å². The first-order chi connectivity index (χ1) is 13.2. The average Bonchev–Trinajstić information content (AvgIpc) is 3.14. The fourth-order valence-corrected chi connectivity index (χ4v) is 3.26. The predicted molar refractivity (Wildman–Crippen MR) is 105 cm³/mol. The zero-order chi connectivity index (χ0) is 18.6. The van der Waals surface area contributed by atoms with Gasteiger partial charge < -0.3 is 4.98 Å². The third kappa shape index (κ3) is 3.66. The third-order valence-electron chi connectivity index (χ3n) is 4.67. The van der Waals surface area contributed by atoms with Gasteiger partial charge in [-0.1, -0.05) is 60.7 Å². The third-order valence-corrected chi connectivity index (χ3v) is 4.67. The van der Waals surface area contributed by atoms with E-state index in [-0.39, 0.29) is 11.6 Å². The van der Waals surface area contributed by atoms with Gasteiger partial charge in [0.05, 0.1) is 6.04 Å². The van der Waals surface area contributed by atoms with E-state index < -0.39 is 6.04 Å². The number of hydrogen-bond donors (Lipinski definition) is 2. The second kappa shape index (κ2) is 7.56. The maximum absolute atomic E-state index is 13.4. The Balaban J connectivity index is 1.65. The van der Waals surface area contributed by atoms with Crippen LogP contribution in [0.2, 0.25) is 0 Å². The summed E-state index contributed by atoms with van der Waals surface area (Å²) in [5.74, 6) is -0.269. The van der Waals surface area contributed by atoms with Crippen molar-refractivity contribution in [2.75, 3.05) is 0 Å². The van der Waals surface area contributed by atoms with E-state index >= 15 is 0 Å². The Kier molecular flexibility index (Phi) is 4.81. The minimum absolute atomic E-state index is 0.000705. The molecule has 0 spiro atoms. The molecule has 0 unspecified atom stereocenters. The lowest BCUT2D eigenvalue weighted by molar-refractivity contribution is 0.0943. The molecule has 0 aliphatic carbocycles. The van der Waals surface area contributed by atoms with Gasteiger partial charge in [0.15, 0.2) is 5.78 Å². The predicted octanol–water partition coefficient (Wildman–Crippen LogP) is 5.02. The highest BCUT2D eigenvalue weighted by molar-refractivity contribution is 6.10. The Hall–Kier alpha value is -3.24. The van der Waals surface area contributed by atoms with Crippen LogP contribution in [-0.4, -0.2) is 10.8 Å². The molecule has 0 bridgehead atoms. The van der Waals surface area contributed by atoms with Crippen LogP contribution >= 0.6 is 0 Å². The highest BCUT2D eigenvalue weighted by atomic mass is 19.1. The SMILES string of the molecule is O=C(c1c[nH]c2ccccc12)[C@H](NCc1ccc(F)cc1)c1ccccc1. The van der Waals surface area contributed by atoms with Crippen molar-refractivity contribution >= 4 is 16.7 Å². The van der Waals surface area contributed by atoms with E-state index in [9.17, 15) is 9.18 Å². The van der Waals surface area contributed by atoms with Crippen molar-refractivity contribution in [3.63, 3.8) is 0 Å². The Labute approximate surface area is 156 Å². The molecule has 0 saturated carbocycles. The van der Waals surface area contributed by atoms with E-state index in [4.69, 9.17) is 0 Å². The van der Waals surface area contributed by atoms with Crippen LogP contribution in [0.25, 0.3) is 10.9 Å². The van der Waals surface area contributed by atoms with Gasteiger partial charge in [0.1, 0.15) is 5.82 Å². The molecular formula is C23H19FN2O. The molecule has 3 aromatic carbocycles. The molecule has 0 fully saturated rings. The molecule has 0 aliphatic heterocycles. The number of aromatic nitrogens is 1. The van der Waals surface area contributed by atoms with Gasteiger partial charge in [0.2, 0.25) is 0 Å². The highest BCUT2D eigenvalue weighted by Gasteiger charge is 2.23. The summed E-state index contributed by atoms with van der Waals surface area (Å²) >= 11 is 0. The van der Waals surface area contributed by atoms with Gasteiger partial charge in [-0.3, -0.25) is 10.1 Å². The van der Waals surface area contributed by atoms with Crippen LogP contribution < -0.4 is 5.32 Å². The Morgan fingerprint density at radius 2 is 1.63 bits per heavy atom. The molecule has 3 nitrogen and oxygen atoms in total. The summed E-state index contributed by atoms with van der Waals surface area (Å²) in [5, 5.41) is 4.25.